The Morgan fingerprint density at radius 2 is 1.81 bits per heavy atom. The summed E-state index contributed by atoms with van der Waals surface area (Å²) in [5.74, 6) is 1.91. The lowest BCUT2D eigenvalue weighted by atomic mass is 10.1. The molecule has 0 aromatic heterocycles. The van der Waals surface area contributed by atoms with Gasteiger partial charge in [-0.25, -0.2) is 0 Å². The summed E-state index contributed by atoms with van der Waals surface area (Å²) in [5.41, 5.74) is 0. The number of hydrogen-bond acceptors (Lipinski definition) is 3. The molecule has 0 aromatic carbocycles. The lowest BCUT2D eigenvalue weighted by Gasteiger charge is -2.25. The van der Waals surface area contributed by atoms with Gasteiger partial charge in [0.05, 0.1) is 6.54 Å². The second-order valence-corrected chi connectivity index (χ2v) is 7.74. The minimum Gasteiger partial charge on any atom is -0.357 e. The highest BCUT2D eigenvalue weighted by molar-refractivity contribution is 14.0. The molecule has 154 valence electrons. The van der Waals surface area contributed by atoms with Gasteiger partial charge in [0.2, 0.25) is 0 Å². The van der Waals surface area contributed by atoms with Crippen molar-refractivity contribution in [2.24, 2.45) is 10.9 Å². The smallest absolute Gasteiger partial charge is 0.193 e. The number of likely N-dealkylation sites (tertiary alicyclic amines) is 1. The second-order valence-electron chi connectivity index (χ2n) is 7.74. The van der Waals surface area contributed by atoms with Crippen molar-refractivity contribution in [3.63, 3.8) is 0 Å². The van der Waals surface area contributed by atoms with Crippen LogP contribution >= 0.6 is 24.0 Å². The van der Waals surface area contributed by atoms with Gasteiger partial charge in [0.1, 0.15) is 0 Å². The molecule has 1 N–H and O–H groups in total. The fraction of sp³-hybridized carbons (Fsp3) is 0.950. The fourth-order valence-corrected chi connectivity index (χ4v) is 4.29. The lowest BCUT2D eigenvalue weighted by molar-refractivity contribution is 0.251. The van der Waals surface area contributed by atoms with Gasteiger partial charge < -0.3 is 20.0 Å². The number of guanidine groups is 1. The molecule has 0 radical (unpaired) electrons. The van der Waals surface area contributed by atoms with E-state index in [-0.39, 0.29) is 24.0 Å². The summed E-state index contributed by atoms with van der Waals surface area (Å²) in [6.45, 7) is 15.5. The minimum absolute atomic E-state index is 0. The van der Waals surface area contributed by atoms with Crippen LogP contribution in [0, 0.1) is 5.92 Å². The molecule has 1 aliphatic carbocycles. The molecule has 2 fully saturated rings. The number of aliphatic imine (C=N–C) groups is 1. The normalized spacial score (nSPS) is 21.7. The molecule has 0 amide bonds. The zero-order chi connectivity index (χ0) is 18.1. The van der Waals surface area contributed by atoms with E-state index >= 15 is 0 Å². The summed E-state index contributed by atoms with van der Waals surface area (Å²) in [6, 6.07) is 0.794. The SMILES string of the molecule is CCNC(=NCCN(C)C1CCCC1)N1CCC(CN(CC)CC)C1.I. The predicted octanol–water partition coefficient (Wildman–Crippen LogP) is 3.11. The van der Waals surface area contributed by atoms with Gasteiger partial charge >= 0.3 is 0 Å². The average molecular weight is 479 g/mol. The van der Waals surface area contributed by atoms with Crippen LogP contribution in [0.4, 0.5) is 0 Å². The van der Waals surface area contributed by atoms with E-state index in [1.807, 2.05) is 0 Å². The van der Waals surface area contributed by atoms with Crippen molar-refractivity contribution in [3.8, 4) is 0 Å². The van der Waals surface area contributed by atoms with E-state index < -0.39 is 0 Å². The van der Waals surface area contributed by atoms with Gasteiger partial charge in [-0.1, -0.05) is 26.7 Å². The summed E-state index contributed by atoms with van der Waals surface area (Å²) in [6.07, 6.45) is 6.85. The van der Waals surface area contributed by atoms with E-state index in [9.17, 15) is 0 Å². The Morgan fingerprint density at radius 3 is 2.42 bits per heavy atom. The van der Waals surface area contributed by atoms with Crippen molar-refractivity contribution in [2.75, 3.05) is 59.4 Å². The van der Waals surface area contributed by atoms with Crippen molar-refractivity contribution in [2.45, 2.75) is 58.9 Å². The van der Waals surface area contributed by atoms with Crippen LogP contribution < -0.4 is 5.32 Å². The van der Waals surface area contributed by atoms with E-state index in [0.29, 0.717) is 0 Å². The molecule has 1 saturated carbocycles. The first-order valence-electron chi connectivity index (χ1n) is 10.6. The molecule has 1 unspecified atom stereocenters. The van der Waals surface area contributed by atoms with Gasteiger partial charge in [-0.3, -0.25) is 4.99 Å². The third-order valence-electron chi connectivity index (χ3n) is 5.99. The Bertz CT molecular complexity index is 394. The minimum atomic E-state index is 0. The molecular weight excluding hydrogens is 437 g/mol. The maximum absolute atomic E-state index is 4.94. The topological polar surface area (TPSA) is 34.1 Å². The van der Waals surface area contributed by atoms with Crippen molar-refractivity contribution in [1.29, 1.82) is 0 Å². The van der Waals surface area contributed by atoms with E-state index in [0.717, 1.165) is 63.7 Å². The summed E-state index contributed by atoms with van der Waals surface area (Å²) in [5, 5.41) is 3.51. The average Bonchev–Trinajstić information content (AvgIpc) is 3.30. The van der Waals surface area contributed by atoms with E-state index in [2.05, 4.69) is 47.8 Å². The van der Waals surface area contributed by atoms with Gasteiger partial charge in [-0.05, 0) is 52.2 Å². The molecule has 1 saturated heterocycles. The predicted molar refractivity (Wildman–Crippen MR) is 124 cm³/mol. The van der Waals surface area contributed by atoms with Crippen LogP contribution in [0.25, 0.3) is 0 Å². The molecule has 1 aliphatic heterocycles. The number of halogens is 1. The van der Waals surface area contributed by atoms with E-state index in [1.54, 1.807) is 0 Å². The third kappa shape index (κ3) is 7.50. The monoisotopic (exact) mass is 479 g/mol. The molecule has 26 heavy (non-hydrogen) atoms. The summed E-state index contributed by atoms with van der Waals surface area (Å²) < 4.78 is 0. The summed E-state index contributed by atoms with van der Waals surface area (Å²) >= 11 is 0. The lowest BCUT2D eigenvalue weighted by Crippen LogP contribution is -2.41. The van der Waals surface area contributed by atoms with Crippen molar-refractivity contribution < 1.29 is 0 Å². The Labute approximate surface area is 179 Å². The zero-order valence-electron chi connectivity index (χ0n) is 17.5. The van der Waals surface area contributed by atoms with Crippen LogP contribution in [0.3, 0.4) is 0 Å². The van der Waals surface area contributed by atoms with Crippen LogP contribution in [-0.2, 0) is 0 Å². The molecule has 0 aromatic rings. The largest absolute Gasteiger partial charge is 0.357 e. The van der Waals surface area contributed by atoms with Crippen LogP contribution in [-0.4, -0.2) is 86.1 Å². The van der Waals surface area contributed by atoms with Crippen molar-refractivity contribution >= 4 is 29.9 Å². The van der Waals surface area contributed by atoms with Crippen LogP contribution in [0.5, 0.6) is 0 Å². The maximum Gasteiger partial charge on any atom is 0.193 e. The first-order chi connectivity index (χ1) is 12.2. The molecule has 0 spiro atoms. The Kier molecular flexibility index (Phi) is 12.1. The fourth-order valence-electron chi connectivity index (χ4n) is 4.29. The number of rotatable bonds is 9. The van der Waals surface area contributed by atoms with Gasteiger partial charge in [0.15, 0.2) is 5.96 Å². The Hall–Kier alpha value is -0.0800. The van der Waals surface area contributed by atoms with Gasteiger partial charge in [-0.15, -0.1) is 24.0 Å². The van der Waals surface area contributed by atoms with Crippen molar-refractivity contribution in [1.82, 2.24) is 20.0 Å². The maximum atomic E-state index is 4.94. The highest BCUT2D eigenvalue weighted by Crippen LogP contribution is 2.22. The highest BCUT2D eigenvalue weighted by Gasteiger charge is 2.26. The second kappa shape index (κ2) is 13.2. The van der Waals surface area contributed by atoms with Crippen LogP contribution in [0.1, 0.15) is 52.9 Å². The molecule has 5 nitrogen and oxygen atoms in total. The first-order valence-corrected chi connectivity index (χ1v) is 10.6. The molecule has 1 atom stereocenters. The molecule has 2 aliphatic rings. The molecule has 6 heteroatoms. The quantitative estimate of drug-likeness (QED) is 0.313. The number of likely N-dealkylation sites (N-methyl/N-ethyl adjacent to an activating group) is 1. The third-order valence-corrected chi connectivity index (χ3v) is 5.99. The van der Waals surface area contributed by atoms with Crippen molar-refractivity contribution in [3.05, 3.63) is 0 Å². The number of nitrogens with zero attached hydrogens (tertiary/aromatic N) is 4. The highest BCUT2D eigenvalue weighted by atomic mass is 127. The summed E-state index contributed by atoms with van der Waals surface area (Å²) in [4.78, 5) is 12.5. The summed E-state index contributed by atoms with van der Waals surface area (Å²) in [7, 11) is 2.27. The number of hydrogen-bond donors (Lipinski definition) is 1. The molecule has 0 bridgehead atoms. The Balaban J connectivity index is 0.00000338. The van der Waals surface area contributed by atoms with Gasteiger partial charge in [0, 0.05) is 38.8 Å². The van der Waals surface area contributed by atoms with Gasteiger partial charge in [0.25, 0.3) is 0 Å². The Morgan fingerprint density at radius 1 is 1.12 bits per heavy atom. The number of nitrogens with one attached hydrogen (secondary N) is 1. The molecular formula is C20H42IN5. The molecule has 1 heterocycles. The van der Waals surface area contributed by atoms with Gasteiger partial charge in [-0.2, -0.15) is 0 Å². The standard InChI is InChI=1S/C20H41N5.HI/c1-5-21-20(22-13-15-23(4)19-10-8-9-11-19)25-14-12-18(17-25)16-24(6-2)7-3;/h18-19H,5-17H2,1-4H3,(H,21,22);1H. The zero-order valence-corrected chi connectivity index (χ0v) is 19.9. The first kappa shape index (κ1) is 24.0. The van der Waals surface area contributed by atoms with E-state index in [4.69, 9.17) is 4.99 Å². The van der Waals surface area contributed by atoms with Crippen LogP contribution in [0.15, 0.2) is 4.99 Å². The van der Waals surface area contributed by atoms with E-state index in [1.165, 1.54) is 38.6 Å². The molecule has 2 rings (SSSR count). The van der Waals surface area contributed by atoms with Crippen LogP contribution in [0.2, 0.25) is 0 Å².